The molecule has 0 aliphatic rings. The average Bonchev–Trinajstić information content (AvgIpc) is 2.39. The van der Waals surface area contributed by atoms with Crippen LogP contribution in [0.5, 0.6) is 5.88 Å². The number of methoxy groups -OCH3 is 1. The highest BCUT2D eigenvalue weighted by Crippen LogP contribution is 2.16. The first-order valence-corrected chi connectivity index (χ1v) is 5.17. The highest BCUT2D eigenvalue weighted by atomic mass is 16.5. The fourth-order valence-electron chi connectivity index (χ4n) is 1.35. The van der Waals surface area contributed by atoms with Gasteiger partial charge in [0.25, 0.3) is 0 Å². The van der Waals surface area contributed by atoms with Crippen LogP contribution in [-0.4, -0.2) is 28.2 Å². The van der Waals surface area contributed by atoms with Gasteiger partial charge in [-0.25, -0.2) is 9.78 Å². The predicted molar refractivity (Wildman–Crippen MR) is 65.3 cm³/mol. The Kier molecular flexibility index (Phi) is 3.38. The maximum absolute atomic E-state index is 10.9. The third kappa shape index (κ3) is 2.73. The number of carboxylic acids is 1. The van der Waals surface area contributed by atoms with Crippen molar-refractivity contribution in [2.24, 2.45) is 0 Å². The van der Waals surface area contributed by atoms with Gasteiger partial charge in [-0.3, -0.25) is 0 Å². The summed E-state index contributed by atoms with van der Waals surface area (Å²) in [4.78, 5) is 18.8. The molecule has 0 unspecified atom stereocenters. The van der Waals surface area contributed by atoms with Gasteiger partial charge in [0.1, 0.15) is 0 Å². The minimum Gasteiger partial charge on any atom is -0.481 e. The molecule has 0 radical (unpaired) electrons. The number of benzene rings is 1. The summed E-state index contributed by atoms with van der Waals surface area (Å²) in [6, 6.07) is 10.5. The number of para-hydroxylation sites is 1. The van der Waals surface area contributed by atoms with Crippen LogP contribution in [0.2, 0.25) is 0 Å². The molecule has 2 rings (SSSR count). The molecule has 0 saturated heterocycles. The van der Waals surface area contributed by atoms with Crippen LogP contribution in [0.4, 0.5) is 11.6 Å². The van der Waals surface area contributed by atoms with E-state index in [0.717, 1.165) is 5.69 Å². The molecule has 0 saturated carbocycles. The number of ether oxygens (including phenoxy) is 1. The summed E-state index contributed by atoms with van der Waals surface area (Å²) >= 11 is 0. The molecule has 1 aromatic carbocycles. The van der Waals surface area contributed by atoms with Crippen LogP contribution in [-0.2, 0) is 0 Å². The molecule has 6 heteroatoms. The second-order valence-electron chi connectivity index (χ2n) is 3.42. The van der Waals surface area contributed by atoms with Crippen LogP contribution >= 0.6 is 0 Å². The van der Waals surface area contributed by atoms with Gasteiger partial charge in [0, 0.05) is 11.8 Å². The summed E-state index contributed by atoms with van der Waals surface area (Å²) in [5.41, 5.74) is 0.641. The highest BCUT2D eigenvalue weighted by Gasteiger charge is 2.10. The van der Waals surface area contributed by atoms with Crippen molar-refractivity contribution < 1.29 is 14.6 Å². The standard InChI is InChI=1S/C12H11N3O3/c1-18-10-7-9(11(16)17)14-12(15-10)13-8-5-3-2-4-6-8/h2-7H,1H3,(H,16,17)(H,13,14,15). The second-order valence-corrected chi connectivity index (χ2v) is 3.42. The zero-order valence-corrected chi connectivity index (χ0v) is 9.62. The fourth-order valence-corrected chi connectivity index (χ4v) is 1.35. The number of aromatic nitrogens is 2. The average molecular weight is 245 g/mol. The molecule has 92 valence electrons. The van der Waals surface area contributed by atoms with Crippen molar-refractivity contribution >= 4 is 17.6 Å². The molecule has 0 aliphatic heterocycles. The van der Waals surface area contributed by atoms with Gasteiger partial charge >= 0.3 is 5.97 Å². The van der Waals surface area contributed by atoms with E-state index in [2.05, 4.69) is 15.3 Å². The molecule has 0 fully saturated rings. The third-order valence-electron chi connectivity index (χ3n) is 2.16. The van der Waals surface area contributed by atoms with Crippen LogP contribution in [0.15, 0.2) is 36.4 Å². The number of hydrogen-bond donors (Lipinski definition) is 2. The van der Waals surface area contributed by atoms with E-state index < -0.39 is 5.97 Å². The molecule has 2 N–H and O–H groups in total. The zero-order valence-electron chi connectivity index (χ0n) is 9.62. The van der Waals surface area contributed by atoms with Gasteiger partial charge in [0.05, 0.1) is 7.11 Å². The van der Waals surface area contributed by atoms with Gasteiger partial charge in [-0.1, -0.05) is 18.2 Å². The minimum atomic E-state index is -1.13. The van der Waals surface area contributed by atoms with Crippen LogP contribution in [0.3, 0.4) is 0 Å². The molecule has 1 heterocycles. The monoisotopic (exact) mass is 245 g/mol. The third-order valence-corrected chi connectivity index (χ3v) is 2.16. The van der Waals surface area contributed by atoms with Gasteiger partial charge in [-0.05, 0) is 12.1 Å². The normalized spacial score (nSPS) is 9.83. The van der Waals surface area contributed by atoms with Crippen LogP contribution < -0.4 is 10.1 Å². The van der Waals surface area contributed by atoms with Crippen molar-refractivity contribution in [3.8, 4) is 5.88 Å². The summed E-state index contributed by atoms with van der Waals surface area (Å²) < 4.78 is 4.93. The molecular weight excluding hydrogens is 234 g/mol. The summed E-state index contributed by atoms with van der Waals surface area (Å²) in [6.45, 7) is 0. The van der Waals surface area contributed by atoms with E-state index in [1.54, 1.807) is 0 Å². The smallest absolute Gasteiger partial charge is 0.354 e. The maximum Gasteiger partial charge on any atom is 0.354 e. The topological polar surface area (TPSA) is 84.3 Å². The Morgan fingerprint density at radius 3 is 2.61 bits per heavy atom. The maximum atomic E-state index is 10.9. The molecule has 0 aliphatic carbocycles. The number of hydrogen-bond acceptors (Lipinski definition) is 5. The molecule has 0 spiro atoms. The van der Waals surface area contributed by atoms with E-state index in [4.69, 9.17) is 9.84 Å². The second kappa shape index (κ2) is 5.13. The van der Waals surface area contributed by atoms with E-state index in [0.29, 0.717) is 0 Å². The zero-order chi connectivity index (χ0) is 13.0. The summed E-state index contributed by atoms with van der Waals surface area (Å²) in [5.74, 6) is -0.759. The Balaban J connectivity index is 2.32. The van der Waals surface area contributed by atoms with Crippen molar-refractivity contribution in [1.82, 2.24) is 9.97 Å². The predicted octanol–water partition coefficient (Wildman–Crippen LogP) is 1.93. The van der Waals surface area contributed by atoms with Crippen molar-refractivity contribution in [1.29, 1.82) is 0 Å². The van der Waals surface area contributed by atoms with Crippen molar-refractivity contribution in [2.75, 3.05) is 12.4 Å². The van der Waals surface area contributed by atoms with E-state index in [9.17, 15) is 4.79 Å². The molecular formula is C12H11N3O3. The molecule has 0 amide bonds. The van der Waals surface area contributed by atoms with Gasteiger partial charge in [0.2, 0.25) is 11.8 Å². The van der Waals surface area contributed by atoms with Crippen molar-refractivity contribution in [3.05, 3.63) is 42.1 Å². The van der Waals surface area contributed by atoms with Crippen molar-refractivity contribution in [3.63, 3.8) is 0 Å². The van der Waals surface area contributed by atoms with Crippen LogP contribution in [0.25, 0.3) is 0 Å². The van der Waals surface area contributed by atoms with Gasteiger partial charge in [-0.2, -0.15) is 4.98 Å². The van der Waals surface area contributed by atoms with Gasteiger partial charge in [0.15, 0.2) is 5.69 Å². The minimum absolute atomic E-state index is 0.125. The Morgan fingerprint density at radius 2 is 2.00 bits per heavy atom. The molecule has 2 aromatic rings. The number of carboxylic acid groups (broad SMARTS) is 1. The Bertz CT molecular complexity index is 558. The molecule has 6 nitrogen and oxygen atoms in total. The number of rotatable bonds is 4. The Labute approximate surface area is 103 Å². The summed E-state index contributed by atoms with van der Waals surface area (Å²) in [5, 5.41) is 11.8. The van der Waals surface area contributed by atoms with E-state index in [1.165, 1.54) is 13.2 Å². The van der Waals surface area contributed by atoms with E-state index in [-0.39, 0.29) is 17.5 Å². The molecule has 0 atom stereocenters. The first-order valence-electron chi connectivity index (χ1n) is 5.17. The first-order chi connectivity index (χ1) is 8.69. The van der Waals surface area contributed by atoms with Gasteiger partial charge in [-0.15, -0.1) is 0 Å². The molecule has 18 heavy (non-hydrogen) atoms. The largest absolute Gasteiger partial charge is 0.481 e. The molecule has 1 aromatic heterocycles. The SMILES string of the molecule is COc1cc(C(=O)O)nc(Nc2ccccc2)n1. The number of carbonyl (C=O) groups is 1. The number of anilines is 2. The first kappa shape index (κ1) is 11.8. The lowest BCUT2D eigenvalue weighted by molar-refractivity contribution is 0.0690. The fraction of sp³-hybridized carbons (Fsp3) is 0.0833. The lowest BCUT2D eigenvalue weighted by atomic mass is 10.3. The Morgan fingerprint density at radius 1 is 1.28 bits per heavy atom. The number of aromatic carboxylic acids is 1. The van der Waals surface area contributed by atoms with Crippen LogP contribution in [0, 0.1) is 0 Å². The Hall–Kier alpha value is -2.63. The summed E-state index contributed by atoms with van der Waals surface area (Å²) in [6.07, 6.45) is 0. The highest BCUT2D eigenvalue weighted by molar-refractivity contribution is 5.86. The quantitative estimate of drug-likeness (QED) is 0.856. The van der Waals surface area contributed by atoms with E-state index in [1.807, 2.05) is 30.3 Å². The van der Waals surface area contributed by atoms with E-state index >= 15 is 0 Å². The summed E-state index contributed by atoms with van der Waals surface area (Å²) in [7, 11) is 1.42. The number of nitrogens with zero attached hydrogens (tertiary/aromatic N) is 2. The van der Waals surface area contributed by atoms with Crippen molar-refractivity contribution in [2.45, 2.75) is 0 Å². The molecule has 0 bridgehead atoms. The van der Waals surface area contributed by atoms with Gasteiger partial charge < -0.3 is 15.2 Å². The lowest BCUT2D eigenvalue weighted by Gasteiger charge is -2.07. The lowest BCUT2D eigenvalue weighted by Crippen LogP contribution is -2.06. The van der Waals surface area contributed by atoms with Crippen LogP contribution in [0.1, 0.15) is 10.5 Å². The number of nitrogens with one attached hydrogen (secondary N) is 1.